The minimum atomic E-state index is -1.24. The molecule has 0 aliphatic rings. The number of carbonyl (C=O) groups excluding carboxylic acids is 2. The van der Waals surface area contributed by atoms with Crippen LogP contribution in [0.5, 0.6) is 5.75 Å². The standard InChI is InChI=1S/C21H18F2N2O4/c1-24-20(26)18(13-7-8-16(22)17(23)11-13)25-21(27)19-14(9-10-28-19)12-29-15-5-3-2-4-6-15/h2-11,18H,12H2,1H3,(H,24,26)(H,25,27). The summed E-state index contributed by atoms with van der Waals surface area (Å²) in [5, 5.41) is 4.87. The zero-order valence-corrected chi connectivity index (χ0v) is 15.4. The number of furan rings is 1. The number of likely N-dealkylation sites (N-methyl/N-ethyl adjacent to an activating group) is 1. The summed E-state index contributed by atoms with van der Waals surface area (Å²) in [6.07, 6.45) is 1.32. The van der Waals surface area contributed by atoms with E-state index in [4.69, 9.17) is 9.15 Å². The first kappa shape index (κ1) is 20.1. The largest absolute Gasteiger partial charge is 0.489 e. The minimum Gasteiger partial charge on any atom is -0.489 e. The Bertz CT molecular complexity index is 1000. The summed E-state index contributed by atoms with van der Waals surface area (Å²) >= 11 is 0. The topological polar surface area (TPSA) is 80.6 Å². The molecule has 150 valence electrons. The van der Waals surface area contributed by atoms with Gasteiger partial charge in [0.1, 0.15) is 18.4 Å². The number of amides is 2. The third-order valence-corrected chi connectivity index (χ3v) is 4.15. The predicted molar refractivity (Wildman–Crippen MR) is 100 cm³/mol. The molecule has 2 aromatic carbocycles. The Balaban J connectivity index is 1.77. The molecule has 1 heterocycles. The van der Waals surface area contributed by atoms with Crippen molar-refractivity contribution < 1.29 is 27.5 Å². The molecule has 1 aromatic heterocycles. The number of halogens is 2. The Hall–Kier alpha value is -3.68. The summed E-state index contributed by atoms with van der Waals surface area (Å²) in [4.78, 5) is 24.9. The third-order valence-electron chi connectivity index (χ3n) is 4.15. The summed E-state index contributed by atoms with van der Waals surface area (Å²) in [5.74, 6) is -2.90. The lowest BCUT2D eigenvalue weighted by Gasteiger charge is -2.17. The van der Waals surface area contributed by atoms with Crippen molar-refractivity contribution in [3.63, 3.8) is 0 Å². The lowest BCUT2D eigenvalue weighted by Crippen LogP contribution is -2.39. The molecule has 0 aliphatic carbocycles. The molecule has 0 radical (unpaired) electrons. The first-order chi connectivity index (χ1) is 14.0. The van der Waals surface area contributed by atoms with Gasteiger partial charge in [-0.15, -0.1) is 0 Å². The monoisotopic (exact) mass is 400 g/mol. The van der Waals surface area contributed by atoms with Gasteiger partial charge in [0.2, 0.25) is 5.91 Å². The average Bonchev–Trinajstić information content (AvgIpc) is 3.21. The second-order valence-electron chi connectivity index (χ2n) is 6.07. The predicted octanol–water partition coefficient (Wildman–Crippen LogP) is 3.35. The molecule has 0 aliphatic heterocycles. The number of rotatable bonds is 7. The summed E-state index contributed by atoms with van der Waals surface area (Å²) in [6.45, 7) is 0.0685. The summed E-state index contributed by atoms with van der Waals surface area (Å²) in [5.41, 5.74) is 0.553. The molecule has 3 aromatic rings. The van der Waals surface area contributed by atoms with Crippen LogP contribution in [0.4, 0.5) is 8.78 Å². The van der Waals surface area contributed by atoms with Gasteiger partial charge in [0, 0.05) is 12.6 Å². The van der Waals surface area contributed by atoms with E-state index in [0.717, 1.165) is 12.1 Å². The van der Waals surface area contributed by atoms with Gasteiger partial charge in [0.15, 0.2) is 17.4 Å². The Kier molecular flexibility index (Phi) is 6.23. The van der Waals surface area contributed by atoms with Gasteiger partial charge in [-0.05, 0) is 35.9 Å². The molecule has 0 bridgehead atoms. The van der Waals surface area contributed by atoms with Gasteiger partial charge in [-0.25, -0.2) is 8.78 Å². The zero-order valence-electron chi connectivity index (χ0n) is 15.4. The van der Waals surface area contributed by atoms with Gasteiger partial charge in [-0.3, -0.25) is 9.59 Å². The van der Waals surface area contributed by atoms with Crippen LogP contribution in [-0.2, 0) is 11.4 Å². The third kappa shape index (κ3) is 4.78. The Morgan fingerprint density at radius 2 is 1.83 bits per heavy atom. The normalized spacial score (nSPS) is 11.6. The van der Waals surface area contributed by atoms with Crippen molar-refractivity contribution in [3.05, 3.63) is 89.4 Å². The van der Waals surface area contributed by atoms with E-state index in [0.29, 0.717) is 11.3 Å². The molecule has 0 spiro atoms. The van der Waals surface area contributed by atoms with Crippen LogP contribution in [0.2, 0.25) is 0 Å². The van der Waals surface area contributed by atoms with Crippen LogP contribution in [0.25, 0.3) is 0 Å². The van der Waals surface area contributed by atoms with E-state index < -0.39 is 29.5 Å². The molecule has 29 heavy (non-hydrogen) atoms. The van der Waals surface area contributed by atoms with E-state index in [2.05, 4.69) is 10.6 Å². The number of benzene rings is 2. The highest BCUT2D eigenvalue weighted by Gasteiger charge is 2.26. The van der Waals surface area contributed by atoms with Crippen molar-refractivity contribution in [2.24, 2.45) is 0 Å². The molecular weight excluding hydrogens is 382 g/mol. The van der Waals surface area contributed by atoms with Gasteiger partial charge >= 0.3 is 0 Å². The van der Waals surface area contributed by atoms with Crippen LogP contribution in [0.3, 0.4) is 0 Å². The maximum absolute atomic E-state index is 13.6. The van der Waals surface area contributed by atoms with E-state index in [-0.39, 0.29) is 17.9 Å². The van der Waals surface area contributed by atoms with E-state index in [1.807, 2.05) is 18.2 Å². The van der Waals surface area contributed by atoms with E-state index >= 15 is 0 Å². The molecule has 0 saturated heterocycles. The molecular formula is C21H18F2N2O4. The van der Waals surface area contributed by atoms with Crippen molar-refractivity contribution in [2.45, 2.75) is 12.6 Å². The molecule has 6 nitrogen and oxygen atoms in total. The molecule has 2 amide bonds. The van der Waals surface area contributed by atoms with E-state index in [1.54, 1.807) is 18.2 Å². The van der Waals surface area contributed by atoms with Gasteiger partial charge in [-0.2, -0.15) is 0 Å². The van der Waals surface area contributed by atoms with Crippen LogP contribution in [0.1, 0.15) is 27.7 Å². The van der Waals surface area contributed by atoms with Crippen molar-refractivity contribution in [2.75, 3.05) is 7.05 Å². The van der Waals surface area contributed by atoms with Gasteiger partial charge < -0.3 is 19.8 Å². The smallest absolute Gasteiger partial charge is 0.288 e. The quantitative estimate of drug-likeness (QED) is 0.637. The number of para-hydroxylation sites is 1. The highest BCUT2D eigenvalue weighted by atomic mass is 19.2. The van der Waals surface area contributed by atoms with Crippen molar-refractivity contribution in [1.82, 2.24) is 10.6 Å². The summed E-state index contributed by atoms with van der Waals surface area (Å²) < 4.78 is 37.7. The number of ether oxygens (including phenoxy) is 1. The molecule has 2 N–H and O–H groups in total. The average molecular weight is 400 g/mol. The fourth-order valence-corrected chi connectivity index (χ4v) is 2.66. The second kappa shape index (κ2) is 9.01. The van der Waals surface area contributed by atoms with Crippen molar-refractivity contribution in [3.8, 4) is 5.75 Å². The maximum atomic E-state index is 13.6. The van der Waals surface area contributed by atoms with Crippen molar-refractivity contribution in [1.29, 1.82) is 0 Å². The first-order valence-corrected chi connectivity index (χ1v) is 8.71. The summed E-state index contributed by atoms with van der Waals surface area (Å²) in [6, 6.07) is 12.3. The number of hydrogen-bond acceptors (Lipinski definition) is 4. The van der Waals surface area contributed by atoms with Gasteiger partial charge in [0.05, 0.1) is 6.26 Å². The molecule has 0 saturated carbocycles. The van der Waals surface area contributed by atoms with E-state index in [1.165, 1.54) is 19.4 Å². The van der Waals surface area contributed by atoms with Crippen LogP contribution in [-0.4, -0.2) is 18.9 Å². The van der Waals surface area contributed by atoms with Crippen molar-refractivity contribution >= 4 is 11.8 Å². The fourth-order valence-electron chi connectivity index (χ4n) is 2.66. The fraction of sp³-hybridized carbons (Fsp3) is 0.143. The molecule has 0 fully saturated rings. The van der Waals surface area contributed by atoms with Crippen LogP contribution in [0.15, 0.2) is 65.3 Å². The van der Waals surface area contributed by atoms with Gasteiger partial charge in [-0.1, -0.05) is 24.3 Å². The lowest BCUT2D eigenvalue weighted by molar-refractivity contribution is -0.122. The molecule has 3 rings (SSSR count). The molecule has 1 unspecified atom stereocenters. The number of nitrogens with one attached hydrogen (secondary N) is 2. The van der Waals surface area contributed by atoms with Crippen LogP contribution >= 0.6 is 0 Å². The SMILES string of the molecule is CNC(=O)C(NC(=O)c1occc1COc1ccccc1)c1ccc(F)c(F)c1. The number of hydrogen-bond donors (Lipinski definition) is 2. The Morgan fingerprint density at radius 1 is 1.07 bits per heavy atom. The van der Waals surface area contributed by atoms with E-state index in [9.17, 15) is 18.4 Å². The lowest BCUT2D eigenvalue weighted by atomic mass is 10.1. The minimum absolute atomic E-state index is 0.0441. The zero-order chi connectivity index (χ0) is 20.8. The second-order valence-corrected chi connectivity index (χ2v) is 6.07. The van der Waals surface area contributed by atoms with Crippen LogP contribution in [0, 0.1) is 11.6 Å². The first-order valence-electron chi connectivity index (χ1n) is 8.71. The maximum Gasteiger partial charge on any atom is 0.288 e. The molecule has 1 atom stereocenters. The van der Waals surface area contributed by atoms with Gasteiger partial charge in [0.25, 0.3) is 5.91 Å². The highest BCUT2D eigenvalue weighted by molar-refractivity contribution is 5.96. The Labute approximate surface area is 165 Å². The highest BCUT2D eigenvalue weighted by Crippen LogP contribution is 2.20. The van der Waals surface area contributed by atoms with Crippen LogP contribution < -0.4 is 15.4 Å². The number of carbonyl (C=O) groups is 2. The Morgan fingerprint density at radius 3 is 2.52 bits per heavy atom. The summed E-state index contributed by atoms with van der Waals surface area (Å²) in [7, 11) is 1.37. The molecule has 8 heteroatoms.